The van der Waals surface area contributed by atoms with E-state index in [2.05, 4.69) is 16.8 Å². The average Bonchev–Trinajstić information content (AvgIpc) is 2.75. The fraction of sp³-hybridized carbons (Fsp3) is 0.542. The molecule has 0 spiro atoms. The molecule has 2 aliphatic rings. The number of nitrogens with zero attached hydrogens (tertiary/aromatic N) is 2. The third-order valence-electron chi connectivity index (χ3n) is 6.29. The maximum Gasteiger partial charge on any atom is 0.338 e. The first-order chi connectivity index (χ1) is 14.8. The molecule has 1 heterocycles. The molecule has 0 radical (unpaired) electrons. The highest BCUT2D eigenvalue weighted by molar-refractivity contribution is 8.03. The molecule has 0 amide bonds. The molecule has 1 N–H and O–H groups in total. The number of halogens is 1. The molecule has 1 atom stereocenters. The van der Waals surface area contributed by atoms with Crippen molar-refractivity contribution < 1.29 is 19.0 Å². The van der Waals surface area contributed by atoms with Crippen LogP contribution in [0.3, 0.4) is 0 Å². The summed E-state index contributed by atoms with van der Waals surface area (Å²) in [5, 5.41) is 10.7. The van der Waals surface area contributed by atoms with Crippen molar-refractivity contribution in [3.8, 4) is 0 Å². The van der Waals surface area contributed by atoms with E-state index in [1.807, 2.05) is 26.0 Å². The minimum atomic E-state index is -0.921. The Bertz CT molecular complexity index is 849. The third kappa shape index (κ3) is 5.51. The molecule has 1 saturated carbocycles. The summed E-state index contributed by atoms with van der Waals surface area (Å²) in [5.74, 6) is -0.444. The SMILES string of the molecule is CCSC1=C(C(=O)O)C(C)=CC(N(C)C2CCC(OC)CC2)N1Cc1cccc(F)c1. The van der Waals surface area contributed by atoms with Crippen molar-refractivity contribution in [2.75, 3.05) is 19.9 Å². The van der Waals surface area contributed by atoms with Crippen LogP contribution in [0.25, 0.3) is 0 Å². The molecule has 1 aliphatic carbocycles. The first-order valence-electron chi connectivity index (χ1n) is 10.9. The molecule has 170 valence electrons. The molecular weight excluding hydrogens is 415 g/mol. The first-order valence-corrected chi connectivity index (χ1v) is 11.9. The first kappa shape index (κ1) is 23.8. The number of hydrogen-bond acceptors (Lipinski definition) is 5. The van der Waals surface area contributed by atoms with Gasteiger partial charge in [-0.25, -0.2) is 9.18 Å². The third-order valence-corrected chi connectivity index (χ3v) is 7.30. The molecule has 31 heavy (non-hydrogen) atoms. The van der Waals surface area contributed by atoms with Crippen LogP contribution in [0.5, 0.6) is 0 Å². The Hall–Kier alpha value is -1.83. The lowest BCUT2D eigenvalue weighted by atomic mass is 9.91. The van der Waals surface area contributed by atoms with Crippen molar-refractivity contribution in [2.24, 2.45) is 0 Å². The highest BCUT2D eigenvalue weighted by Gasteiger charge is 2.36. The van der Waals surface area contributed by atoms with E-state index in [1.165, 1.54) is 23.9 Å². The van der Waals surface area contributed by atoms with Crippen LogP contribution in [0.1, 0.15) is 45.1 Å². The van der Waals surface area contributed by atoms with E-state index in [0.29, 0.717) is 24.3 Å². The van der Waals surface area contributed by atoms with E-state index in [-0.39, 0.29) is 12.0 Å². The number of carboxylic acid groups (broad SMARTS) is 1. The summed E-state index contributed by atoms with van der Waals surface area (Å²) in [4.78, 5) is 16.6. The van der Waals surface area contributed by atoms with E-state index in [1.54, 1.807) is 13.2 Å². The second-order valence-corrected chi connectivity index (χ2v) is 9.52. The number of aliphatic carboxylic acids is 1. The van der Waals surface area contributed by atoms with Crippen LogP contribution >= 0.6 is 11.8 Å². The quantitative estimate of drug-likeness (QED) is 0.613. The van der Waals surface area contributed by atoms with Gasteiger partial charge in [0.1, 0.15) is 12.0 Å². The molecule has 5 nitrogen and oxygen atoms in total. The zero-order valence-corrected chi connectivity index (χ0v) is 19.6. The molecular formula is C24H33FN2O3S. The lowest BCUT2D eigenvalue weighted by Crippen LogP contribution is -2.51. The van der Waals surface area contributed by atoms with E-state index in [0.717, 1.165) is 47.6 Å². The van der Waals surface area contributed by atoms with Gasteiger partial charge in [0, 0.05) is 19.7 Å². The van der Waals surface area contributed by atoms with Gasteiger partial charge in [-0.1, -0.05) is 19.1 Å². The standard InChI is InChI=1S/C24H33FN2O3S/c1-5-31-23-22(24(28)29)16(2)13-21(26(3)19-9-11-20(30-4)12-10-19)27(23)15-17-7-6-8-18(25)14-17/h6-8,13-14,19-21H,5,9-12,15H2,1-4H3,(H,28,29). The summed E-state index contributed by atoms with van der Waals surface area (Å²) >= 11 is 1.54. The molecule has 0 bridgehead atoms. The Morgan fingerprint density at radius 1 is 1.32 bits per heavy atom. The van der Waals surface area contributed by atoms with Gasteiger partial charge in [-0.3, -0.25) is 4.90 Å². The van der Waals surface area contributed by atoms with Crippen molar-refractivity contribution in [3.63, 3.8) is 0 Å². The van der Waals surface area contributed by atoms with E-state index >= 15 is 0 Å². The minimum absolute atomic E-state index is 0.0930. The van der Waals surface area contributed by atoms with Gasteiger partial charge in [0.15, 0.2) is 0 Å². The van der Waals surface area contributed by atoms with Gasteiger partial charge >= 0.3 is 5.97 Å². The number of benzene rings is 1. The fourth-order valence-electron chi connectivity index (χ4n) is 4.62. The van der Waals surface area contributed by atoms with E-state index in [4.69, 9.17) is 4.74 Å². The van der Waals surface area contributed by atoms with Gasteiger partial charge in [-0.2, -0.15) is 0 Å². The van der Waals surface area contributed by atoms with E-state index < -0.39 is 5.97 Å². The topological polar surface area (TPSA) is 53.0 Å². The van der Waals surface area contributed by atoms with Crippen LogP contribution in [-0.2, 0) is 16.1 Å². The van der Waals surface area contributed by atoms with Crippen LogP contribution in [0.2, 0.25) is 0 Å². The zero-order valence-electron chi connectivity index (χ0n) is 18.8. The number of carboxylic acids is 1. The normalized spacial score (nSPS) is 24.5. The Kier molecular flexibility index (Phi) is 8.19. The Labute approximate surface area is 188 Å². The summed E-state index contributed by atoms with van der Waals surface area (Å²) in [6.45, 7) is 4.35. The molecule has 1 aromatic rings. The van der Waals surface area contributed by atoms with Crippen molar-refractivity contribution in [2.45, 2.75) is 64.4 Å². The second kappa shape index (κ2) is 10.7. The maximum atomic E-state index is 13.9. The van der Waals surface area contributed by atoms with Crippen LogP contribution < -0.4 is 0 Å². The highest BCUT2D eigenvalue weighted by atomic mass is 32.2. The molecule has 1 aromatic carbocycles. The molecule has 0 saturated heterocycles. The number of ether oxygens (including phenoxy) is 1. The number of rotatable bonds is 8. The zero-order chi connectivity index (χ0) is 22.5. The van der Waals surface area contributed by atoms with Crippen molar-refractivity contribution in [1.82, 2.24) is 9.80 Å². The predicted octanol–water partition coefficient (Wildman–Crippen LogP) is 4.85. The number of carbonyl (C=O) groups is 1. The highest BCUT2D eigenvalue weighted by Crippen LogP contribution is 2.38. The summed E-state index contributed by atoms with van der Waals surface area (Å²) in [5.41, 5.74) is 1.95. The lowest BCUT2D eigenvalue weighted by Gasteiger charge is -2.46. The average molecular weight is 449 g/mol. The van der Waals surface area contributed by atoms with Gasteiger partial charge in [-0.05, 0) is 74.8 Å². The van der Waals surface area contributed by atoms with Gasteiger partial charge in [0.25, 0.3) is 0 Å². The van der Waals surface area contributed by atoms with Crippen LogP contribution in [0.4, 0.5) is 4.39 Å². The number of thioether (sulfide) groups is 1. The summed E-state index contributed by atoms with van der Waals surface area (Å²) in [6.07, 6.45) is 6.40. The van der Waals surface area contributed by atoms with Gasteiger partial charge in [-0.15, -0.1) is 11.8 Å². The van der Waals surface area contributed by atoms with Gasteiger partial charge in [0.05, 0.1) is 16.7 Å². The van der Waals surface area contributed by atoms with Crippen molar-refractivity contribution in [1.29, 1.82) is 0 Å². The monoisotopic (exact) mass is 448 g/mol. The second-order valence-electron chi connectivity index (χ2n) is 8.27. The van der Waals surface area contributed by atoms with Gasteiger partial charge < -0.3 is 14.7 Å². The minimum Gasteiger partial charge on any atom is -0.478 e. The molecule has 0 aromatic heterocycles. The summed E-state index contributed by atoms with van der Waals surface area (Å²) in [7, 11) is 3.89. The summed E-state index contributed by atoms with van der Waals surface area (Å²) < 4.78 is 19.4. The molecule has 7 heteroatoms. The van der Waals surface area contributed by atoms with Crippen LogP contribution in [0.15, 0.2) is 46.5 Å². The van der Waals surface area contributed by atoms with Gasteiger partial charge in [0.2, 0.25) is 0 Å². The number of hydrogen-bond donors (Lipinski definition) is 1. The number of methoxy groups -OCH3 is 1. The Morgan fingerprint density at radius 3 is 2.61 bits per heavy atom. The molecule has 1 unspecified atom stereocenters. The Balaban J connectivity index is 1.96. The van der Waals surface area contributed by atoms with Crippen LogP contribution in [-0.4, -0.2) is 59.1 Å². The van der Waals surface area contributed by atoms with Crippen molar-refractivity contribution >= 4 is 17.7 Å². The van der Waals surface area contributed by atoms with Crippen LogP contribution in [0, 0.1) is 5.82 Å². The summed E-state index contributed by atoms with van der Waals surface area (Å²) in [6, 6.07) is 6.94. The largest absolute Gasteiger partial charge is 0.478 e. The Morgan fingerprint density at radius 2 is 2.03 bits per heavy atom. The molecule has 1 aliphatic heterocycles. The number of likely N-dealkylation sites (N-methyl/N-ethyl adjacent to an activating group) is 1. The maximum absolute atomic E-state index is 13.9. The van der Waals surface area contributed by atoms with E-state index in [9.17, 15) is 14.3 Å². The predicted molar refractivity (Wildman–Crippen MR) is 123 cm³/mol. The molecule has 3 rings (SSSR count). The smallest absolute Gasteiger partial charge is 0.338 e. The fourth-order valence-corrected chi connectivity index (χ4v) is 5.62. The molecule has 1 fully saturated rings. The lowest BCUT2D eigenvalue weighted by molar-refractivity contribution is -0.132. The van der Waals surface area contributed by atoms with Crippen molar-refractivity contribution in [3.05, 3.63) is 57.9 Å².